The zero-order valence-corrected chi connectivity index (χ0v) is 15.2. The molecular weight excluding hydrogens is 374 g/mol. The fraction of sp³-hybridized carbons (Fsp3) is 0.263. The molecule has 2 aromatic rings. The van der Waals surface area contributed by atoms with Crippen LogP contribution >= 0.6 is 0 Å². The van der Waals surface area contributed by atoms with Crippen LogP contribution < -0.4 is 14.8 Å². The molecule has 1 fully saturated rings. The van der Waals surface area contributed by atoms with Gasteiger partial charge < -0.3 is 19.5 Å². The molecule has 3 rings (SSSR count). The molecule has 1 N–H and O–H groups in total. The minimum Gasteiger partial charge on any atom is -0.495 e. The van der Waals surface area contributed by atoms with Gasteiger partial charge in [0.05, 0.1) is 12.8 Å². The van der Waals surface area contributed by atoms with Gasteiger partial charge in [-0.2, -0.15) is 0 Å². The molecule has 0 spiro atoms. The predicted octanol–water partition coefficient (Wildman–Crippen LogP) is 2.94. The highest BCUT2D eigenvalue weighted by atomic mass is 19.2. The lowest BCUT2D eigenvalue weighted by molar-refractivity contribution is -0.119. The number of cyclic esters (lactones) is 1. The first kappa shape index (κ1) is 19.4. The number of halogens is 2. The van der Waals surface area contributed by atoms with E-state index in [9.17, 15) is 18.4 Å². The van der Waals surface area contributed by atoms with Crippen LogP contribution in [0.4, 0.5) is 19.3 Å². The van der Waals surface area contributed by atoms with Gasteiger partial charge in [0.1, 0.15) is 30.8 Å². The number of hydrogen-bond donors (Lipinski definition) is 1. The number of nitrogens with one attached hydrogen (secondary N) is 1. The lowest BCUT2D eigenvalue weighted by atomic mass is 10.1. The second-order valence-electron chi connectivity index (χ2n) is 6.09. The molecule has 0 bridgehead atoms. The summed E-state index contributed by atoms with van der Waals surface area (Å²) in [6.45, 7) is 0.0191. The van der Waals surface area contributed by atoms with Crippen LogP contribution in [0.5, 0.6) is 11.5 Å². The quantitative estimate of drug-likeness (QED) is 0.818. The van der Waals surface area contributed by atoms with Gasteiger partial charge in [0.25, 0.3) is 5.91 Å². The molecule has 2 amide bonds. The summed E-state index contributed by atoms with van der Waals surface area (Å²) in [4.78, 5) is 25.1. The molecule has 1 unspecified atom stereocenters. The van der Waals surface area contributed by atoms with Gasteiger partial charge >= 0.3 is 6.09 Å². The first-order valence-electron chi connectivity index (χ1n) is 8.34. The summed E-state index contributed by atoms with van der Waals surface area (Å²) in [6.07, 6.45) is -0.569. The summed E-state index contributed by atoms with van der Waals surface area (Å²) in [5.74, 6) is -1.80. The van der Waals surface area contributed by atoms with Crippen molar-refractivity contribution in [3.8, 4) is 11.5 Å². The van der Waals surface area contributed by atoms with Crippen molar-refractivity contribution < 1.29 is 32.6 Å². The van der Waals surface area contributed by atoms with Crippen LogP contribution in [0.15, 0.2) is 36.4 Å². The Morgan fingerprint density at radius 3 is 2.68 bits per heavy atom. The lowest BCUT2D eigenvalue weighted by Gasteiger charge is -2.17. The van der Waals surface area contributed by atoms with Gasteiger partial charge in [-0.05, 0) is 29.8 Å². The Labute approximate surface area is 159 Å². The Balaban J connectivity index is 1.71. The van der Waals surface area contributed by atoms with Crippen LogP contribution in [0.2, 0.25) is 0 Å². The number of ether oxygens (including phenoxy) is 3. The summed E-state index contributed by atoms with van der Waals surface area (Å²) in [5, 5.41) is 2.71. The summed E-state index contributed by atoms with van der Waals surface area (Å²) >= 11 is 0. The van der Waals surface area contributed by atoms with E-state index in [1.165, 1.54) is 25.1 Å². The maximum absolute atomic E-state index is 13.3. The number of nitrogens with zero attached hydrogens (tertiary/aromatic N) is 1. The molecule has 0 radical (unpaired) electrons. The third-order valence-electron chi connectivity index (χ3n) is 4.24. The molecule has 1 atom stereocenters. The Morgan fingerprint density at radius 1 is 1.25 bits per heavy atom. The van der Waals surface area contributed by atoms with E-state index in [1.54, 1.807) is 18.2 Å². The number of benzene rings is 2. The van der Waals surface area contributed by atoms with E-state index >= 15 is 0 Å². The van der Waals surface area contributed by atoms with Crippen molar-refractivity contribution in [2.45, 2.75) is 12.6 Å². The van der Waals surface area contributed by atoms with E-state index in [2.05, 4.69) is 5.32 Å². The summed E-state index contributed by atoms with van der Waals surface area (Å²) < 4.78 is 41.8. The van der Waals surface area contributed by atoms with E-state index in [-0.39, 0.29) is 19.0 Å². The van der Waals surface area contributed by atoms with Crippen molar-refractivity contribution in [2.75, 3.05) is 26.1 Å². The third-order valence-corrected chi connectivity index (χ3v) is 4.24. The summed E-state index contributed by atoms with van der Waals surface area (Å²) in [6, 6.07) is 7.48. The van der Waals surface area contributed by atoms with Gasteiger partial charge in [-0.25, -0.2) is 13.6 Å². The number of carbonyl (C=O) groups is 2. The van der Waals surface area contributed by atoms with Crippen molar-refractivity contribution in [3.05, 3.63) is 53.6 Å². The molecular formula is C19H18F2N2O5. The van der Waals surface area contributed by atoms with E-state index in [4.69, 9.17) is 14.2 Å². The van der Waals surface area contributed by atoms with Crippen LogP contribution in [0.3, 0.4) is 0 Å². The zero-order chi connectivity index (χ0) is 20.3. The Hall–Kier alpha value is -3.36. The molecule has 0 aromatic heterocycles. The Morgan fingerprint density at radius 2 is 2.04 bits per heavy atom. The van der Waals surface area contributed by atoms with Crippen LogP contribution in [0.25, 0.3) is 0 Å². The van der Waals surface area contributed by atoms with Crippen molar-refractivity contribution in [1.82, 2.24) is 4.90 Å². The van der Waals surface area contributed by atoms with Gasteiger partial charge in [-0.3, -0.25) is 9.69 Å². The van der Waals surface area contributed by atoms with Gasteiger partial charge in [-0.1, -0.05) is 6.07 Å². The van der Waals surface area contributed by atoms with Crippen molar-refractivity contribution >= 4 is 17.7 Å². The average molecular weight is 392 g/mol. The molecule has 7 nitrogen and oxygen atoms in total. The van der Waals surface area contributed by atoms with Crippen molar-refractivity contribution in [1.29, 1.82) is 0 Å². The first-order chi connectivity index (χ1) is 13.4. The van der Waals surface area contributed by atoms with E-state index in [1.807, 2.05) is 0 Å². The van der Waals surface area contributed by atoms with Crippen LogP contribution in [0.1, 0.15) is 5.56 Å². The molecule has 1 heterocycles. The van der Waals surface area contributed by atoms with E-state index in [0.717, 1.165) is 12.1 Å². The highest BCUT2D eigenvalue weighted by Gasteiger charge is 2.35. The average Bonchev–Trinajstić information content (AvgIpc) is 3.02. The molecule has 1 aliphatic heterocycles. The lowest BCUT2D eigenvalue weighted by Crippen LogP contribution is -2.40. The highest BCUT2D eigenvalue weighted by molar-refractivity contribution is 5.98. The van der Waals surface area contributed by atoms with Gasteiger partial charge in [0.2, 0.25) is 0 Å². The van der Waals surface area contributed by atoms with E-state index < -0.39 is 29.7 Å². The molecule has 0 saturated carbocycles. The summed E-state index contributed by atoms with van der Waals surface area (Å²) in [5.41, 5.74) is 1.04. The second kappa shape index (κ2) is 8.12. The molecule has 1 aliphatic rings. The first-order valence-corrected chi connectivity index (χ1v) is 8.34. The van der Waals surface area contributed by atoms with Crippen molar-refractivity contribution in [2.24, 2.45) is 0 Å². The van der Waals surface area contributed by atoms with Gasteiger partial charge in [0, 0.05) is 13.1 Å². The number of anilines is 1. The fourth-order valence-electron chi connectivity index (χ4n) is 2.63. The highest BCUT2D eigenvalue weighted by Crippen LogP contribution is 2.27. The van der Waals surface area contributed by atoms with Crippen LogP contribution in [-0.4, -0.2) is 43.7 Å². The monoisotopic (exact) mass is 392 g/mol. The Kier molecular flexibility index (Phi) is 5.62. The number of methoxy groups -OCH3 is 1. The minimum absolute atomic E-state index is 0.0393. The topological polar surface area (TPSA) is 77.1 Å². The maximum Gasteiger partial charge on any atom is 0.410 e. The molecule has 28 heavy (non-hydrogen) atoms. The molecule has 2 aromatic carbocycles. The standard InChI is InChI=1S/C19H18F2N2O5/c1-23-16(10-28-19(23)25)18(24)22-15-7-11(3-6-17(15)26-2)9-27-12-4-5-13(20)14(21)8-12/h3-8,16H,9-10H2,1-2H3,(H,22,24). The normalized spacial score (nSPS) is 15.9. The van der Waals surface area contributed by atoms with Crippen molar-refractivity contribution in [3.63, 3.8) is 0 Å². The largest absolute Gasteiger partial charge is 0.495 e. The molecule has 0 aliphatic carbocycles. The molecule has 1 saturated heterocycles. The van der Waals surface area contributed by atoms with Crippen LogP contribution in [0, 0.1) is 11.6 Å². The maximum atomic E-state index is 13.3. The number of hydrogen-bond acceptors (Lipinski definition) is 5. The molecule has 9 heteroatoms. The zero-order valence-electron chi connectivity index (χ0n) is 15.2. The number of carbonyl (C=O) groups excluding carboxylic acids is 2. The van der Waals surface area contributed by atoms with Crippen LogP contribution in [-0.2, 0) is 16.1 Å². The number of rotatable bonds is 6. The smallest absolute Gasteiger partial charge is 0.410 e. The van der Waals surface area contributed by atoms with Gasteiger partial charge in [-0.15, -0.1) is 0 Å². The Bertz CT molecular complexity index is 906. The number of likely N-dealkylation sites (N-methyl/N-ethyl adjacent to an activating group) is 1. The second-order valence-corrected chi connectivity index (χ2v) is 6.09. The predicted molar refractivity (Wildman–Crippen MR) is 95.2 cm³/mol. The number of amides is 2. The fourth-order valence-corrected chi connectivity index (χ4v) is 2.63. The minimum atomic E-state index is -1.00. The van der Waals surface area contributed by atoms with Gasteiger partial charge in [0.15, 0.2) is 11.6 Å². The molecule has 148 valence electrons. The third kappa shape index (κ3) is 4.13. The summed E-state index contributed by atoms with van der Waals surface area (Å²) in [7, 11) is 2.93. The SMILES string of the molecule is COc1ccc(COc2ccc(F)c(F)c2)cc1NC(=O)C1COC(=O)N1C. The van der Waals surface area contributed by atoms with E-state index in [0.29, 0.717) is 17.0 Å².